The molecule has 4 nitrogen and oxygen atoms in total. The third kappa shape index (κ3) is 4.06. The van der Waals surface area contributed by atoms with Crippen LogP contribution in [-0.4, -0.2) is 24.2 Å². The van der Waals surface area contributed by atoms with Gasteiger partial charge in [0, 0.05) is 12.1 Å². The van der Waals surface area contributed by atoms with E-state index in [1.165, 1.54) is 11.3 Å². The molecule has 1 amide bonds. The van der Waals surface area contributed by atoms with Gasteiger partial charge in [-0.25, -0.2) is 0 Å². The highest BCUT2D eigenvalue weighted by Crippen LogP contribution is 2.20. The molecular weight excluding hydrogens is 286 g/mol. The van der Waals surface area contributed by atoms with Crippen molar-refractivity contribution in [3.8, 4) is 5.75 Å². The first-order valence-electron chi connectivity index (χ1n) is 6.83. The van der Waals surface area contributed by atoms with E-state index in [1.807, 2.05) is 36.7 Å². The molecule has 1 aromatic carbocycles. The predicted octanol–water partition coefficient (Wildman–Crippen LogP) is 2.92. The van der Waals surface area contributed by atoms with E-state index in [2.05, 4.69) is 5.32 Å². The molecule has 21 heavy (non-hydrogen) atoms. The van der Waals surface area contributed by atoms with E-state index < -0.39 is 6.10 Å². The number of carbonyl (C=O) groups excluding carboxylic acids is 1. The molecule has 1 unspecified atom stereocenters. The second-order valence-corrected chi connectivity index (χ2v) is 5.48. The first-order chi connectivity index (χ1) is 10.1. The fourth-order valence-electron chi connectivity index (χ4n) is 1.93. The SMILES string of the molecule is CCOc1cc(C(=O)NCC(O)c2ccsc2)ccc1C. The molecule has 0 aliphatic carbocycles. The number of hydrogen-bond donors (Lipinski definition) is 2. The minimum atomic E-state index is -0.683. The van der Waals surface area contributed by atoms with Gasteiger partial charge in [-0.3, -0.25) is 4.79 Å². The van der Waals surface area contributed by atoms with E-state index in [0.717, 1.165) is 11.1 Å². The van der Waals surface area contributed by atoms with E-state index in [4.69, 9.17) is 4.74 Å². The quantitative estimate of drug-likeness (QED) is 0.862. The molecule has 0 saturated carbocycles. The van der Waals surface area contributed by atoms with Crippen LogP contribution < -0.4 is 10.1 Å². The summed E-state index contributed by atoms with van der Waals surface area (Å²) in [6, 6.07) is 7.19. The summed E-state index contributed by atoms with van der Waals surface area (Å²) >= 11 is 1.52. The molecule has 1 atom stereocenters. The highest BCUT2D eigenvalue weighted by atomic mass is 32.1. The van der Waals surface area contributed by atoms with Crippen LogP contribution in [0.2, 0.25) is 0 Å². The van der Waals surface area contributed by atoms with Crippen molar-refractivity contribution in [3.63, 3.8) is 0 Å². The van der Waals surface area contributed by atoms with Crippen LogP contribution in [0.3, 0.4) is 0 Å². The van der Waals surface area contributed by atoms with Gasteiger partial charge in [-0.1, -0.05) is 6.07 Å². The van der Waals surface area contributed by atoms with Crippen molar-refractivity contribution in [1.82, 2.24) is 5.32 Å². The number of nitrogens with one attached hydrogen (secondary N) is 1. The maximum Gasteiger partial charge on any atom is 0.251 e. The Hall–Kier alpha value is -1.85. The molecule has 2 aromatic rings. The predicted molar refractivity (Wildman–Crippen MR) is 84.0 cm³/mol. The van der Waals surface area contributed by atoms with E-state index in [9.17, 15) is 9.90 Å². The molecule has 5 heteroatoms. The molecule has 0 radical (unpaired) electrons. The van der Waals surface area contributed by atoms with Crippen molar-refractivity contribution in [3.05, 3.63) is 51.7 Å². The van der Waals surface area contributed by atoms with Gasteiger partial charge in [0.1, 0.15) is 5.75 Å². The van der Waals surface area contributed by atoms with E-state index in [0.29, 0.717) is 17.9 Å². The van der Waals surface area contributed by atoms with Gasteiger partial charge in [-0.05, 0) is 53.9 Å². The molecule has 0 aliphatic heterocycles. The van der Waals surface area contributed by atoms with Crippen LogP contribution in [0.1, 0.15) is 34.5 Å². The highest BCUT2D eigenvalue weighted by molar-refractivity contribution is 7.07. The molecule has 1 heterocycles. The van der Waals surface area contributed by atoms with Gasteiger partial charge >= 0.3 is 0 Å². The summed E-state index contributed by atoms with van der Waals surface area (Å²) in [6.07, 6.45) is -0.683. The normalized spacial score (nSPS) is 12.0. The Morgan fingerprint density at radius 2 is 2.24 bits per heavy atom. The van der Waals surface area contributed by atoms with Crippen molar-refractivity contribution in [1.29, 1.82) is 0 Å². The monoisotopic (exact) mass is 305 g/mol. The summed E-state index contributed by atoms with van der Waals surface area (Å²) in [4.78, 5) is 12.1. The fourth-order valence-corrected chi connectivity index (χ4v) is 2.63. The van der Waals surface area contributed by atoms with Crippen LogP contribution in [0, 0.1) is 6.92 Å². The summed E-state index contributed by atoms with van der Waals surface area (Å²) in [5.74, 6) is 0.494. The molecule has 2 rings (SSSR count). The van der Waals surface area contributed by atoms with Crippen LogP contribution in [0.25, 0.3) is 0 Å². The number of amides is 1. The molecule has 0 aliphatic rings. The molecular formula is C16H19NO3S. The van der Waals surface area contributed by atoms with Crippen molar-refractivity contribution < 1.29 is 14.6 Å². The van der Waals surface area contributed by atoms with Gasteiger partial charge in [-0.2, -0.15) is 11.3 Å². The molecule has 1 aromatic heterocycles. The molecule has 0 spiro atoms. The summed E-state index contributed by atoms with van der Waals surface area (Å²) in [5, 5.41) is 16.5. The van der Waals surface area contributed by atoms with Gasteiger partial charge in [-0.15, -0.1) is 0 Å². The zero-order valence-electron chi connectivity index (χ0n) is 12.1. The lowest BCUT2D eigenvalue weighted by Crippen LogP contribution is -2.28. The third-order valence-electron chi connectivity index (χ3n) is 3.13. The second-order valence-electron chi connectivity index (χ2n) is 4.70. The number of benzene rings is 1. The Labute approximate surface area is 128 Å². The standard InChI is InChI=1S/C16H19NO3S/c1-3-20-15-8-12(5-4-11(15)2)16(19)17-9-14(18)13-6-7-21-10-13/h4-8,10,14,18H,3,9H2,1-2H3,(H,17,19). The number of ether oxygens (including phenoxy) is 1. The fraction of sp³-hybridized carbons (Fsp3) is 0.312. The van der Waals surface area contributed by atoms with Crippen molar-refractivity contribution in [2.45, 2.75) is 20.0 Å². The Kier molecular flexibility index (Phi) is 5.36. The lowest BCUT2D eigenvalue weighted by molar-refractivity contribution is 0.0916. The van der Waals surface area contributed by atoms with Crippen molar-refractivity contribution in [2.75, 3.05) is 13.2 Å². The largest absolute Gasteiger partial charge is 0.494 e. The Balaban J connectivity index is 1.98. The van der Waals surface area contributed by atoms with E-state index in [1.54, 1.807) is 12.1 Å². The van der Waals surface area contributed by atoms with Crippen molar-refractivity contribution in [2.24, 2.45) is 0 Å². The van der Waals surface area contributed by atoms with E-state index in [-0.39, 0.29) is 12.5 Å². The number of thiophene rings is 1. The zero-order chi connectivity index (χ0) is 15.2. The number of aliphatic hydroxyl groups excluding tert-OH is 1. The Bertz CT molecular complexity index is 596. The number of hydrogen-bond acceptors (Lipinski definition) is 4. The summed E-state index contributed by atoms with van der Waals surface area (Å²) in [6.45, 7) is 4.59. The minimum Gasteiger partial charge on any atom is -0.494 e. The first-order valence-corrected chi connectivity index (χ1v) is 7.78. The smallest absolute Gasteiger partial charge is 0.251 e. The summed E-state index contributed by atoms with van der Waals surface area (Å²) < 4.78 is 5.48. The van der Waals surface area contributed by atoms with Crippen LogP contribution in [0.15, 0.2) is 35.0 Å². The maximum atomic E-state index is 12.1. The van der Waals surface area contributed by atoms with Gasteiger partial charge in [0.15, 0.2) is 0 Å². The Morgan fingerprint density at radius 3 is 2.90 bits per heavy atom. The van der Waals surface area contributed by atoms with Gasteiger partial charge in [0.05, 0.1) is 12.7 Å². The lowest BCUT2D eigenvalue weighted by atomic mass is 10.1. The second kappa shape index (κ2) is 7.24. The average Bonchev–Trinajstić information content (AvgIpc) is 3.01. The summed E-state index contributed by atoms with van der Waals surface area (Å²) in [5.41, 5.74) is 2.34. The van der Waals surface area contributed by atoms with Gasteiger partial charge in [0.2, 0.25) is 0 Å². The van der Waals surface area contributed by atoms with Crippen LogP contribution in [-0.2, 0) is 0 Å². The molecule has 0 bridgehead atoms. The Morgan fingerprint density at radius 1 is 1.43 bits per heavy atom. The average molecular weight is 305 g/mol. The molecule has 112 valence electrons. The highest BCUT2D eigenvalue weighted by Gasteiger charge is 2.12. The van der Waals surface area contributed by atoms with Gasteiger partial charge in [0.25, 0.3) is 5.91 Å². The molecule has 0 saturated heterocycles. The molecule has 0 fully saturated rings. The van der Waals surface area contributed by atoms with Gasteiger partial charge < -0.3 is 15.2 Å². The van der Waals surface area contributed by atoms with Crippen LogP contribution >= 0.6 is 11.3 Å². The minimum absolute atomic E-state index is 0.188. The number of aryl methyl sites for hydroxylation is 1. The maximum absolute atomic E-state index is 12.1. The van der Waals surface area contributed by atoms with E-state index >= 15 is 0 Å². The van der Waals surface area contributed by atoms with Crippen molar-refractivity contribution >= 4 is 17.2 Å². The topological polar surface area (TPSA) is 58.6 Å². The first kappa shape index (κ1) is 15.5. The number of rotatable bonds is 6. The zero-order valence-corrected chi connectivity index (χ0v) is 12.9. The number of carbonyl (C=O) groups is 1. The van der Waals surface area contributed by atoms with Crippen LogP contribution in [0.4, 0.5) is 0 Å². The summed E-state index contributed by atoms with van der Waals surface area (Å²) in [7, 11) is 0. The van der Waals surface area contributed by atoms with Crippen LogP contribution in [0.5, 0.6) is 5.75 Å². The number of aliphatic hydroxyl groups is 1. The third-order valence-corrected chi connectivity index (χ3v) is 3.84. The lowest BCUT2D eigenvalue weighted by Gasteiger charge is -2.12. The molecule has 2 N–H and O–H groups in total.